The Morgan fingerprint density at radius 3 is 2.30 bits per heavy atom. The Kier molecular flexibility index (Phi) is 7.49. The highest BCUT2D eigenvalue weighted by atomic mass is 16.7. The summed E-state index contributed by atoms with van der Waals surface area (Å²) in [4.78, 5) is 26.5. The molecule has 0 saturated carbocycles. The van der Waals surface area contributed by atoms with Crippen LogP contribution in [-0.4, -0.2) is 67.7 Å². The fourth-order valence-corrected chi connectivity index (χ4v) is 4.70. The molecule has 3 heterocycles. The summed E-state index contributed by atoms with van der Waals surface area (Å²) in [6.45, 7) is 5.50. The molecule has 27 heavy (non-hydrogen) atoms. The number of piperidine rings is 2. The zero-order chi connectivity index (χ0) is 19.2. The lowest BCUT2D eigenvalue weighted by atomic mass is 9.77. The first-order valence-electron chi connectivity index (χ1n) is 10.5. The number of hydrogen-bond acceptors (Lipinski definition) is 7. The summed E-state index contributed by atoms with van der Waals surface area (Å²) in [6, 6.07) is 0.259. The van der Waals surface area contributed by atoms with Crippen LogP contribution in [-0.2, 0) is 28.5 Å². The van der Waals surface area contributed by atoms with Crippen molar-refractivity contribution in [1.29, 1.82) is 0 Å². The monoisotopic (exact) mass is 383 g/mol. The van der Waals surface area contributed by atoms with Gasteiger partial charge in [0.1, 0.15) is 0 Å². The second-order valence-electron chi connectivity index (χ2n) is 7.73. The highest BCUT2D eigenvalue weighted by Crippen LogP contribution is 2.39. The number of ether oxygens (including phenoxy) is 4. The van der Waals surface area contributed by atoms with Gasteiger partial charge in [-0.25, -0.2) is 0 Å². The standard InChI is InChI=1S/C20H33NO6/c1-3-24-18(22)13-21-15-9-14(20(23)25-4-2)10-16(21)12-17(11-15)27-19-7-5-6-8-26-19/h14-17,19H,3-13H2,1-2H3. The SMILES string of the molecule is CCOC(=O)CN1C2CC(OC3CCCCO3)CC1CC(C(=O)OCC)C2. The molecule has 3 saturated heterocycles. The zero-order valence-corrected chi connectivity index (χ0v) is 16.6. The molecule has 0 spiro atoms. The Bertz CT molecular complexity index is 491. The smallest absolute Gasteiger partial charge is 0.320 e. The lowest BCUT2D eigenvalue weighted by molar-refractivity contribution is -0.208. The molecule has 154 valence electrons. The van der Waals surface area contributed by atoms with E-state index in [2.05, 4.69) is 4.90 Å². The van der Waals surface area contributed by atoms with Gasteiger partial charge in [-0.05, 0) is 58.8 Å². The van der Waals surface area contributed by atoms with Crippen molar-refractivity contribution in [3.8, 4) is 0 Å². The number of esters is 2. The summed E-state index contributed by atoms with van der Waals surface area (Å²) in [6.07, 6.45) is 6.24. The molecule has 7 heteroatoms. The summed E-state index contributed by atoms with van der Waals surface area (Å²) in [5, 5.41) is 0. The predicted molar refractivity (Wildman–Crippen MR) is 98.0 cm³/mol. The maximum absolute atomic E-state index is 12.3. The molecule has 0 radical (unpaired) electrons. The van der Waals surface area contributed by atoms with Gasteiger partial charge in [0.2, 0.25) is 0 Å². The van der Waals surface area contributed by atoms with Crippen LogP contribution in [0.1, 0.15) is 58.8 Å². The Hall–Kier alpha value is -1.18. The van der Waals surface area contributed by atoms with Crippen LogP contribution in [0.3, 0.4) is 0 Å². The van der Waals surface area contributed by atoms with Gasteiger partial charge in [-0.3, -0.25) is 14.5 Å². The maximum Gasteiger partial charge on any atom is 0.320 e. The fourth-order valence-electron chi connectivity index (χ4n) is 4.70. The van der Waals surface area contributed by atoms with Crippen molar-refractivity contribution in [3.05, 3.63) is 0 Å². The summed E-state index contributed by atoms with van der Waals surface area (Å²) in [5.74, 6) is -0.402. The molecular formula is C20H33NO6. The van der Waals surface area contributed by atoms with Crippen LogP contribution in [0.2, 0.25) is 0 Å². The van der Waals surface area contributed by atoms with Crippen LogP contribution in [0.5, 0.6) is 0 Å². The van der Waals surface area contributed by atoms with Crippen LogP contribution in [0.15, 0.2) is 0 Å². The third-order valence-corrected chi connectivity index (χ3v) is 5.84. The lowest BCUT2D eigenvalue weighted by Crippen LogP contribution is -2.58. The average Bonchev–Trinajstić information content (AvgIpc) is 2.63. The molecule has 7 nitrogen and oxygen atoms in total. The van der Waals surface area contributed by atoms with Crippen molar-refractivity contribution in [3.63, 3.8) is 0 Å². The third kappa shape index (κ3) is 5.42. The number of nitrogens with zero attached hydrogens (tertiary/aromatic N) is 1. The van der Waals surface area contributed by atoms with Crippen molar-refractivity contribution in [2.24, 2.45) is 5.92 Å². The summed E-state index contributed by atoms with van der Waals surface area (Å²) in [7, 11) is 0. The molecule has 2 bridgehead atoms. The second-order valence-corrected chi connectivity index (χ2v) is 7.73. The van der Waals surface area contributed by atoms with E-state index in [1.165, 1.54) is 0 Å². The largest absolute Gasteiger partial charge is 0.466 e. The summed E-state index contributed by atoms with van der Waals surface area (Å²) in [5.41, 5.74) is 0. The molecule has 3 fully saturated rings. The van der Waals surface area contributed by atoms with Gasteiger partial charge in [-0.1, -0.05) is 0 Å². The minimum atomic E-state index is -0.197. The highest BCUT2D eigenvalue weighted by Gasteiger charge is 2.45. The quantitative estimate of drug-likeness (QED) is 0.624. The first kappa shape index (κ1) is 20.6. The average molecular weight is 383 g/mol. The predicted octanol–water partition coefficient (Wildman–Crippen LogP) is 2.27. The molecule has 3 unspecified atom stereocenters. The van der Waals surface area contributed by atoms with E-state index in [-0.39, 0.29) is 48.9 Å². The van der Waals surface area contributed by atoms with Gasteiger partial charge in [-0.2, -0.15) is 0 Å². The van der Waals surface area contributed by atoms with Crippen molar-refractivity contribution in [2.75, 3.05) is 26.4 Å². The molecule has 0 amide bonds. The topological polar surface area (TPSA) is 74.3 Å². The number of fused-ring (bicyclic) bond motifs is 2. The first-order chi connectivity index (χ1) is 13.1. The van der Waals surface area contributed by atoms with Gasteiger partial charge in [0, 0.05) is 18.7 Å². The van der Waals surface area contributed by atoms with Crippen molar-refractivity contribution in [2.45, 2.75) is 83.3 Å². The Balaban J connectivity index is 1.63. The van der Waals surface area contributed by atoms with Crippen LogP contribution in [0, 0.1) is 5.92 Å². The van der Waals surface area contributed by atoms with Gasteiger partial charge in [0.05, 0.1) is 31.8 Å². The third-order valence-electron chi connectivity index (χ3n) is 5.84. The molecule has 0 aromatic rings. The van der Waals surface area contributed by atoms with Gasteiger partial charge < -0.3 is 18.9 Å². The number of carbonyl (C=O) groups excluding carboxylic acids is 2. The van der Waals surface area contributed by atoms with Crippen molar-refractivity contribution >= 4 is 11.9 Å². The fraction of sp³-hybridized carbons (Fsp3) is 0.900. The minimum Gasteiger partial charge on any atom is -0.466 e. The zero-order valence-electron chi connectivity index (χ0n) is 16.6. The number of carbonyl (C=O) groups is 2. The van der Waals surface area contributed by atoms with E-state index in [9.17, 15) is 9.59 Å². The molecule has 3 rings (SSSR count). The van der Waals surface area contributed by atoms with Gasteiger partial charge in [0.15, 0.2) is 6.29 Å². The maximum atomic E-state index is 12.3. The summed E-state index contributed by atoms with van der Waals surface area (Å²) < 4.78 is 22.4. The van der Waals surface area contributed by atoms with Gasteiger partial charge >= 0.3 is 11.9 Å². The van der Waals surface area contributed by atoms with Crippen LogP contribution in [0.25, 0.3) is 0 Å². The van der Waals surface area contributed by atoms with E-state index in [4.69, 9.17) is 18.9 Å². The van der Waals surface area contributed by atoms with Crippen LogP contribution in [0.4, 0.5) is 0 Å². The number of hydrogen-bond donors (Lipinski definition) is 0. The molecule has 0 aromatic carbocycles. The van der Waals surface area contributed by atoms with Crippen LogP contribution < -0.4 is 0 Å². The normalized spacial score (nSPS) is 34.1. The van der Waals surface area contributed by atoms with E-state index in [0.717, 1.165) is 38.7 Å². The van der Waals surface area contributed by atoms with Gasteiger partial charge in [-0.15, -0.1) is 0 Å². The molecule has 3 atom stereocenters. The van der Waals surface area contributed by atoms with E-state index in [0.29, 0.717) is 26.1 Å². The molecular weight excluding hydrogens is 350 g/mol. The Labute approximate surface area is 161 Å². The molecule has 3 aliphatic heterocycles. The summed E-state index contributed by atoms with van der Waals surface area (Å²) >= 11 is 0. The number of rotatable bonds is 7. The van der Waals surface area contributed by atoms with E-state index in [1.54, 1.807) is 0 Å². The van der Waals surface area contributed by atoms with Gasteiger partial charge in [0.25, 0.3) is 0 Å². The van der Waals surface area contributed by atoms with E-state index < -0.39 is 0 Å². The van der Waals surface area contributed by atoms with Crippen LogP contribution >= 0.6 is 0 Å². The van der Waals surface area contributed by atoms with E-state index in [1.807, 2.05) is 13.8 Å². The van der Waals surface area contributed by atoms with E-state index >= 15 is 0 Å². The molecule has 0 aliphatic carbocycles. The molecule has 0 N–H and O–H groups in total. The van der Waals surface area contributed by atoms with Crippen molar-refractivity contribution < 1.29 is 28.5 Å². The minimum absolute atomic E-state index is 0.0923. The van der Waals surface area contributed by atoms with Crippen molar-refractivity contribution in [1.82, 2.24) is 4.90 Å². The Morgan fingerprint density at radius 2 is 1.70 bits per heavy atom. The highest BCUT2D eigenvalue weighted by molar-refractivity contribution is 5.73. The Morgan fingerprint density at radius 1 is 1.00 bits per heavy atom. The first-order valence-corrected chi connectivity index (χ1v) is 10.5. The lowest BCUT2D eigenvalue weighted by Gasteiger charge is -2.50. The molecule has 3 aliphatic rings. The molecule has 0 aromatic heterocycles. The second kappa shape index (κ2) is 9.85.